The highest BCUT2D eigenvalue weighted by molar-refractivity contribution is 5.73. The van der Waals surface area contributed by atoms with E-state index in [9.17, 15) is 5.11 Å². The van der Waals surface area contributed by atoms with Crippen LogP contribution < -0.4 is 5.32 Å². The summed E-state index contributed by atoms with van der Waals surface area (Å²) in [5.41, 5.74) is 4.70. The number of hydrogen-bond acceptors (Lipinski definition) is 5. The predicted octanol–water partition coefficient (Wildman–Crippen LogP) is 3.75. The van der Waals surface area contributed by atoms with E-state index < -0.39 is 0 Å². The first-order valence-electron chi connectivity index (χ1n) is 10.9. The van der Waals surface area contributed by atoms with Gasteiger partial charge in [0.15, 0.2) is 5.82 Å². The number of nitrogens with one attached hydrogen (secondary N) is 1. The lowest BCUT2D eigenvalue weighted by Gasteiger charge is -2.34. The number of piperidine rings is 1. The highest BCUT2D eigenvalue weighted by Gasteiger charge is 2.33. The number of rotatable bonds is 4. The summed E-state index contributed by atoms with van der Waals surface area (Å²) in [6.07, 6.45) is 14.9. The van der Waals surface area contributed by atoms with E-state index in [1.807, 2.05) is 12.1 Å². The summed E-state index contributed by atoms with van der Waals surface area (Å²) in [4.78, 5) is 2.64. The van der Waals surface area contributed by atoms with Crippen molar-refractivity contribution in [3.8, 4) is 29.4 Å². The molecule has 0 bridgehead atoms. The van der Waals surface area contributed by atoms with E-state index in [1.54, 1.807) is 6.07 Å². The third-order valence-electron chi connectivity index (χ3n) is 6.57. The molecule has 5 nitrogen and oxygen atoms in total. The van der Waals surface area contributed by atoms with E-state index in [0.717, 1.165) is 48.9 Å². The second-order valence-electron chi connectivity index (χ2n) is 8.65. The molecule has 3 aliphatic rings. The molecule has 1 saturated heterocycles. The maximum atomic E-state index is 10.5. The minimum Gasteiger partial charge on any atom is -0.507 e. The number of nitrogens with zero attached hydrogens (tertiary/aromatic N) is 3. The maximum absolute atomic E-state index is 10.5. The predicted molar refractivity (Wildman–Crippen MR) is 115 cm³/mol. The summed E-state index contributed by atoms with van der Waals surface area (Å²) >= 11 is 0. The van der Waals surface area contributed by atoms with Crippen LogP contribution in [-0.4, -0.2) is 45.4 Å². The van der Waals surface area contributed by atoms with Gasteiger partial charge in [0.1, 0.15) is 11.4 Å². The van der Waals surface area contributed by atoms with Gasteiger partial charge in [0.25, 0.3) is 0 Å². The topological polar surface area (TPSA) is 61.3 Å². The molecule has 0 radical (unpaired) electrons. The second-order valence-corrected chi connectivity index (χ2v) is 8.65. The molecule has 2 heterocycles. The summed E-state index contributed by atoms with van der Waals surface area (Å²) in [6.45, 7) is 2.34. The Morgan fingerprint density at radius 2 is 1.90 bits per heavy atom. The Morgan fingerprint density at radius 1 is 1.07 bits per heavy atom. The zero-order valence-corrected chi connectivity index (χ0v) is 16.8. The van der Waals surface area contributed by atoms with E-state index in [2.05, 4.69) is 26.3 Å². The van der Waals surface area contributed by atoms with Crippen molar-refractivity contribution in [1.29, 1.82) is 0 Å². The molecule has 0 unspecified atom stereocenters. The van der Waals surface area contributed by atoms with Crippen LogP contribution in [0.4, 0.5) is 5.82 Å². The third kappa shape index (κ3) is 3.70. The van der Waals surface area contributed by atoms with Crippen LogP contribution in [0.25, 0.3) is 11.3 Å². The molecule has 2 aliphatic carbocycles. The summed E-state index contributed by atoms with van der Waals surface area (Å²) in [5, 5.41) is 23.4. The van der Waals surface area contributed by atoms with Gasteiger partial charge in [0, 0.05) is 35.3 Å². The van der Waals surface area contributed by atoms with Crippen molar-refractivity contribution >= 4 is 5.82 Å². The monoisotopic (exact) mass is 388 g/mol. The Hall–Kier alpha value is -2.58. The van der Waals surface area contributed by atoms with Crippen LogP contribution in [0.3, 0.4) is 0 Å². The minimum atomic E-state index is 0.176. The zero-order chi connectivity index (χ0) is 19.8. The number of anilines is 1. The molecular formula is C24H28N4O. The molecule has 5 rings (SSSR count). The van der Waals surface area contributed by atoms with Crippen molar-refractivity contribution in [2.45, 2.75) is 63.5 Å². The molecule has 2 N–H and O–H groups in total. The minimum absolute atomic E-state index is 0.176. The summed E-state index contributed by atoms with van der Waals surface area (Å²) in [6, 6.07) is 6.61. The number of aromatic hydroxyl groups is 1. The Morgan fingerprint density at radius 3 is 2.66 bits per heavy atom. The molecule has 0 spiro atoms. The first-order chi connectivity index (χ1) is 14.2. The zero-order valence-electron chi connectivity index (χ0n) is 16.8. The van der Waals surface area contributed by atoms with Crippen LogP contribution in [0.2, 0.25) is 0 Å². The molecule has 1 atom stereocenters. The summed E-state index contributed by atoms with van der Waals surface area (Å²) < 4.78 is 0. The summed E-state index contributed by atoms with van der Waals surface area (Å²) in [5.74, 6) is 3.70. The lowest BCUT2D eigenvalue weighted by atomic mass is 9.88. The van der Waals surface area contributed by atoms with Gasteiger partial charge in [-0.15, -0.1) is 16.6 Å². The van der Waals surface area contributed by atoms with Gasteiger partial charge in [0.05, 0.1) is 0 Å². The molecule has 29 heavy (non-hydrogen) atoms. The number of likely N-dealkylation sites (tertiary alicyclic amines) is 1. The van der Waals surface area contributed by atoms with Crippen molar-refractivity contribution < 1.29 is 5.11 Å². The summed E-state index contributed by atoms with van der Waals surface area (Å²) in [7, 11) is 0. The fraction of sp³-hybridized carbons (Fsp3) is 0.500. The average molecular weight is 389 g/mol. The molecule has 2 fully saturated rings. The fourth-order valence-corrected chi connectivity index (χ4v) is 4.89. The van der Waals surface area contributed by atoms with Crippen molar-refractivity contribution in [1.82, 2.24) is 15.1 Å². The Labute approximate surface area is 172 Å². The van der Waals surface area contributed by atoms with Crippen molar-refractivity contribution in [2.75, 3.05) is 18.4 Å². The fourth-order valence-electron chi connectivity index (χ4n) is 4.89. The average Bonchev–Trinajstić information content (AvgIpc) is 3.60. The van der Waals surface area contributed by atoms with Crippen LogP contribution in [0.1, 0.15) is 55.2 Å². The Kier molecular flexibility index (Phi) is 4.89. The van der Waals surface area contributed by atoms with Gasteiger partial charge in [-0.25, -0.2) is 0 Å². The molecule has 5 heteroatoms. The first-order valence-corrected chi connectivity index (χ1v) is 10.9. The number of fused-ring (bicyclic) bond motifs is 1. The second kappa shape index (κ2) is 7.68. The van der Waals surface area contributed by atoms with Crippen LogP contribution in [0.5, 0.6) is 5.75 Å². The highest BCUT2D eigenvalue weighted by Crippen LogP contribution is 2.37. The third-order valence-corrected chi connectivity index (χ3v) is 6.57. The number of aromatic nitrogens is 2. The van der Waals surface area contributed by atoms with E-state index in [1.165, 1.54) is 49.8 Å². The molecular weight excluding hydrogens is 360 g/mol. The lowest BCUT2D eigenvalue weighted by Crippen LogP contribution is -2.43. The number of benzene rings is 1. The molecule has 1 aromatic heterocycles. The lowest BCUT2D eigenvalue weighted by molar-refractivity contribution is 0.207. The first kappa shape index (κ1) is 18.4. The van der Waals surface area contributed by atoms with Crippen LogP contribution in [0.15, 0.2) is 18.2 Å². The van der Waals surface area contributed by atoms with Crippen LogP contribution in [0, 0.1) is 12.3 Å². The molecule has 2 aromatic rings. The molecule has 1 aromatic carbocycles. The van der Waals surface area contributed by atoms with E-state index in [0.29, 0.717) is 11.6 Å². The van der Waals surface area contributed by atoms with Crippen molar-refractivity contribution in [3.63, 3.8) is 0 Å². The van der Waals surface area contributed by atoms with Crippen molar-refractivity contribution in [3.05, 3.63) is 34.9 Å². The number of phenolic OH excluding ortho intramolecular Hbond substituents is 1. The Balaban J connectivity index is 1.45. The van der Waals surface area contributed by atoms with Crippen LogP contribution >= 0.6 is 0 Å². The standard InChI is InChI=1S/C24H28N4O/c1-2-16-9-12-21(22(29)14-16)23-19-7-3-4-8-20(19)24(27-26-23)25-17-6-5-13-28(15-17)18-10-11-18/h1,9,12,14,17-18,29H,3-8,10-11,13,15H2,(H,25,27)/t17-/m1/s1. The largest absolute Gasteiger partial charge is 0.507 e. The normalized spacial score (nSPS) is 22.0. The van der Waals surface area contributed by atoms with E-state index >= 15 is 0 Å². The van der Waals surface area contributed by atoms with Gasteiger partial charge in [-0.1, -0.05) is 5.92 Å². The maximum Gasteiger partial charge on any atom is 0.152 e. The molecule has 0 amide bonds. The highest BCUT2D eigenvalue weighted by atomic mass is 16.3. The molecule has 1 aliphatic heterocycles. The number of phenols is 1. The van der Waals surface area contributed by atoms with E-state index in [-0.39, 0.29) is 5.75 Å². The van der Waals surface area contributed by atoms with Gasteiger partial charge in [-0.3, -0.25) is 4.90 Å². The smallest absolute Gasteiger partial charge is 0.152 e. The SMILES string of the molecule is C#Cc1ccc(-c2nnc(N[C@@H]3CCCN(C4CC4)C3)c3c2CCCC3)c(O)c1. The van der Waals surface area contributed by atoms with Crippen molar-refractivity contribution in [2.24, 2.45) is 0 Å². The number of hydrogen-bond donors (Lipinski definition) is 2. The van der Waals surface area contributed by atoms with Crippen LogP contribution in [-0.2, 0) is 12.8 Å². The quantitative estimate of drug-likeness (QED) is 0.781. The van der Waals surface area contributed by atoms with Gasteiger partial charge < -0.3 is 10.4 Å². The molecule has 150 valence electrons. The number of terminal acetylenes is 1. The van der Waals surface area contributed by atoms with Gasteiger partial charge in [0.2, 0.25) is 0 Å². The molecule has 1 saturated carbocycles. The van der Waals surface area contributed by atoms with Gasteiger partial charge in [-0.2, -0.15) is 0 Å². The Bertz CT molecular complexity index is 960. The van der Waals surface area contributed by atoms with Gasteiger partial charge >= 0.3 is 0 Å². The van der Waals surface area contributed by atoms with Gasteiger partial charge in [-0.05, 0) is 81.7 Å². The van der Waals surface area contributed by atoms with E-state index in [4.69, 9.17) is 6.42 Å².